The van der Waals surface area contributed by atoms with E-state index in [4.69, 9.17) is 0 Å². The van der Waals surface area contributed by atoms with Crippen molar-refractivity contribution in [3.63, 3.8) is 0 Å². The van der Waals surface area contributed by atoms with E-state index in [2.05, 4.69) is 32.6 Å². The number of piperazine rings is 1. The van der Waals surface area contributed by atoms with E-state index in [9.17, 15) is 18.3 Å². The maximum absolute atomic E-state index is 13.8. The van der Waals surface area contributed by atoms with E-state index in [0.717, 1.165) is 38.8 Å². The van der Waals surface area contributed by atoms with Crippen molar-refractivity contribution >= 4 is 15.7 Å². The molecule has 4 aliphatic rings. The van der Waals surface area contributed by atoms with Crippen LogP contribution in [0.2, 0.25) is 0 Å². The maximum Gasteiger partial charge on any atom is 0.254 e. The lowest BCUT2D eigenvalue weighted by Gasteiger charge is -2.63. The van der Waals surface area contributed by atoms with Crippen LogP contribution in [0.1, 0.15) is 75.7 Å². The third kappa shape index (κ3) is 3.44. The molecule has 2 saturated carbocycles. The van der Waals surface area contributed by atoms with Crippen LogP contribution in [-0.4, -0.2) is 68.2 Å². The first-order chi connectivity index (χ1) is 15.8. The van der Waals surface area contributed by atoms with Crippen molar-refractivity contribution in [2.45, 2.75) is 70.1 Å². The zero-order valence-corrected chi connectivity index (χ0v) is 22.2. The largest absolute Gasteiger partial charge is 0.508 e. The summed E-state index contributed by atoms with van der Waals surface area (Å²) in [6.07, 6.45) is 5.24. The number of carbonyl (C=O) groups is 1. The lowest BCUT2D eigenvalue weighted by Crippen LogP contribution is -2.59. The summed E-state index contributed by atoms with van der Waals surface area (Å²) in [5.41, 5.74) is 0.532. The Hall–Kier alpha value is -1.60. The van der Waals surface area contributed by atoms with Crippen molar-refractivity contribution in [2.75, 3.05) is 39.0 Å². The van der Waals surface area contributed by atoms with Gasteiger partial charge in [0.1, 0.15) is 5.75 Å². The minimum atomic E-state index is -3.63. The van der Waals surface area contributed by atoms with Crippen LogP contribution in [-0.2, 0) is 15.3 Å². The van der Waals surface area contributed by atoms with Gasteiger partial charge in [-0.3, -0.25) is 4.79 Å². The number of nitrogens with zero attached hydrogens (tertiary/aromatic N) is 2. The molecule has 4 atom stereocenters. The van der Waals surface area contributed by atoms with Gasteiger partial charge in [0.05, 0.1) is 10.6 Å². The van der Waals surface area contributed by atoms with E-state index in [1.54, 1.807) is 11.0 Å². The van der Waals surface area contributed by atoms with Gasteiger partial charge in [-0.15, -0.1) is 0 Å². The summed E-state index contributed by atoms with van der Waals surface area (Å²) in [5, 5.41) is 11.3. The van der Waals surface area contributed by atoms with Crippen molar-refractivity contribution < 1.29 is 18.3 Å². The highest BCUT2D eigenvalue weighted by atomic mass is 32.2. The van der Waals surface area contributed by atoms with Gasteiger partial charge in [-0.2, -0.15) is 0 Å². The van der Waals surface area contributed by atoms with Crippen molar-refractivity contribution in [3.05, 3.63) is 23.3 Å². The number of hydrogen-bond donors (Lipinski definition) is 1. The molecule has 2 heterocycles. The number of phenolic OH excluding ortho intramolecular Hbond substituents is 1. The molecule has 1 saturated heterocycles. The molecule has 1 aromatic rings. The van der Waals surface area contributed by atoms with Gasteiger partial charge in [0.2, 0.25) is 0 Å². The number of fused-ring (bicyclic) bond motifs is 5. The van der Waals surface area contributed by atoms with Gasteiger partial charge >= 0.3 is 0 Å². The van der Waals surface area contributed by atoms with Gasteiger partial charge in [0.15, 0.2) is 9.84 Å². The predicted molar refractivity (Wildman–Crippen MR) is 133 cm³/mol. The lowest BCUT2D eigenvalue weighted by molar-refractivity contribution is -0.0984. The molecule has 6 nitrogen and oxygen atoms in total. The van der Waals surface area contributed by atoms with Gasteiger partial charge in [-0.25, -0.2) is 8.42 Å². The molecule has 7 heteroatoms. The summed E-state index contributed by atoms with van der Waals surface area (Å²) >= 11 is 0. The Morgan fingerprint density at radius 1 is 1.00 bits per heavy atom. The summed E-state index contributed by atoms with van der Waals surface area (Å²) in [6.45, 7) is 11.9. The number of carbonyl (C=O) groups excluding carboxylic acids is 1. The van der Waals surface area contributed by atoms with Crippen LogP contribution in [0, 0.1) is 22.7 Å². The quantitative estimate of drug-likeness (QED) is 0.645. The van der Waals surface area contributed by atoms with Gasteiger partial charge in [-0.05, 0) is 67.5 Å². The smallest absolute Gasteiger partial charge is 0.254 e. The molecular weight excluding hydrogens is 448 g/mol. The number of sulfone groups is 1. The maximum atomic E-state index is 13.8. The van der Waals surface area contributed by atoms with Crippen LogP contribution < -0.4 is 0 Å². The third-order valence-corrected chi connectivity index (χ3v) is 12.0. The SMILES string of the molecule is CN1CCN(C(=O)c2cc(O)c3c(c2)S(=O)(=O)C[C@@H]2[C@@]4(C)CCCC(C)(C)[C@@H]4CC[C@@]32C)CC1. The molecule has 0 radical (unpaired) electrons. The van der Waals surface area contributed by atoms with Crippen LogP contribution in [0.4, 0.5) is 0 Å². The normalized spacial score (nSPS) is 36.8. The zero-order chi connectivity index (χ0) is 24.7. The molecular formula is C27H40N2O4S. The number of amides is 1. The Labute approximate surface area is 204 Å². The summed E-state index contributed by atoms with van der Waals surface area (Å²) in [6, 6.07) is 3.09. The first-order valence-electron chi connectivity index (χ1n) is 12.9. The predicted octanol–water partition coefficient (Wildman–Crippen LogP) is 4.07. The molecule has 0 bridgehead atoms. The van der Waals surface area contributed by atoms with Crippen LogP contribution >= 0.6 is 0 Å². The summed E-state index contributed by atoms with van der Waals surface area (Å²) in [7, 11) is -1.61. The highest BCUT2D eigenvalue weighted by Gasteiger charge is 2.62. The van der Waals surface area contributed by atoms with Gasteiger partial charge in [0, 0.05) is 42.7 Å². The fraction of sp³-hybridized carbons (Fsp3) is 0.741. The minimum Gasteiger partial charge on any atom is -0.508 e. The summed E-state index contributed by atoms with van der Waals surface area (Å²) < 4.78 is 27.5. The fourth-order valence-corrected chi connectivity index (χ4v) is 10.7. The summed E-state index contributed by atoms with van der Waals surface area (Å²) in [5.74, 6) is 0.316. The molecule has 1 N–H and O–H groups in total. The molecule has 0 aromatic heterocycles. The highest BCUT2D eigenvalue weighted by Crippen LogP contribution is 2.67. The van der Waals surface area contributed by atoms with E-state index < -0.39 is 15.3 Å². The van der Waals surface area contributed by atoms with Crippen molar-refractivity contribution in [2.24, 2.45) is 22.7 Å². The van der Waals surface area contributed by atoms with Crippen LogP contribution in [0.15, 0.2) is 17.0 Å². The molecule has 2 aliphatic heterocycles. The number of likely N-dealkylation sites (N-methyl/N-ethyl adjacent to an activating group) is 1. The van der Waals surface area contributed by atoms with E-state index in [1.165, 1.54) is 12.5 Å². The molecule has 3 fully saturated rings. The number of rotatable bonds is 1. The molecule has 0 spiro atoms. The third-order valence-electron chi connectivity index (χ3n) is 10.2. The Bertz CT molecular complexity index is 1120. The Kier molecular flexibility index (Phi) is 5.46. The van der Waals surface area contributed by atoms with Gasteiger partial charge < -0.3 is 14.9 Å². The molecule has 5 rings (SSSR count). The van der Waals surface area contributed by atoms with E-state index in [-0.39, 0.29) is 44.6 Å². The number of aromatic hydroxyl groups is 1. The first kappa shape index (κ1) is 24.1. The lowest BCUT2D eigenvalue weighted by atomic mass is 9.43. The van der Waals surface area contributed by atoms with Crippen LogP contribution in [0.5, 0.6) is 5.75 Å². The second-order valence-corrected chi connectivity index (χ2v) is 14.7. The molecule has 1 aromatic carbocycles. The Morgan fingerprint density at radius 3 is 2.35 bits per heavy atom. The van der Waals surface area contributed by atoms with Crippen LogP contribution in [0.3, 0.4) is 0 Å². The van der Waals surface area contributed by atoms with Crippen molar-refractivity contribution in [3.8, 4) is 5.75 Å². The van der Waals surface area contributed by atoms with E-state index >= 15 is 0 Å². The van der Waals surface area contributed by atoms with Crippen molar-refractivity contribution in [1.29, 1.82) is 0 Å². The first-order valence-corrected chi connectivity index (χ1v) is 14.5. The molecule has 1 amide bonds. The average Bonchev–Trinajstić information content (AvgIpc) is 2.74. The minimum absolute atomic E-state index is 0.0251. The molecule has 2 aliphatic carbocycles. The van der Waals surface area contributed by atoms with Gasteiger partial charge in [-0.1, -0.05) is 34.1 Å². The second-order valence-electron chi connectivity index (χ2n) is 12.7. The van der Waals surface area contributed by atoms with E-state index in [0.29, 0.717) is 24.6 Å². The van der Waals surface area contributed by atoms with Gasteiger partial charge in [0.25, 0.3) is 5.91 Å². The highest BCUT2D eigenvalue weighted by molar-refractivity contribution is 7.91. The number of benzene rings is 1. The fourth-order valence-electron chi connectivity index (χ4n) is 8.37. The summed E-state index contributed by atoms with van der Waals surface area (Å²) in [4.78, 5) is 17.3. The molecule has 34 heavy (non-hydrogen) atoms. The topological polar surface area (TPSA) is 77.9 Å². The second kappa shape index (κ2) is 7.70. The van der Waals surface area contributed by atoms with E-state index in [1.807, 2.05) is 7.05 Å². The molecule has 188 valence electrons. The zero-order valence-electron chi connectivity index (χ0n) is 21.4. The van der Waals surface area contributed by atoms with Crippen LogP contribution in [0.25, 0.3) is 0 Å². The monoisotopic (exact) mass is 488 g/mol. The number of phenols is 1. The Morgan fingerprint density at radius 2 is 1.68 bits per heavy atom. The van der Waals surface area contributed by atoms with Crippen molar-refractivity contribution in [1.82, 2.24) is 9.80 Å². The standard InChI is InChI=1S/C27H40N2O4S/c1-25(2)8-6-9-26(3)21(25)7-10-27(4)22(26)17-34(32,33)20-16-18(15-19(30)23(20)27)24(31)29-13-11-28(5)12-14-29/h15-16,21-22,30H,6-14,17H2,1-5H3/t21-,22+,26-,27+/m0/s1. The number of hydrogen-bond acceptors (Lipinski definition) is 5. The average molecular weight is 489 g/mol. The molecule has 0 unspecified atom stereocenters. The Balaban J connectivity index is 1.58.